The molecule has 1 amide bonds. The van der Waals surface area contributed by atoms with Gasteiger partial charge in [-0.3, -0.25) is 9.59 Å². The lowest BCUT2D eigenvalue weighted by Crippen LogP contribution is -2.36. The lowest BCUT2D eigenvalue weighted by atomic mass is 10.1. The SMILES string of the molecule is C[C@H](CCc1ccccc1)NC(=O)COC(=O)c1cc(=O)c2cc(Cl)ccc2o1. The van der Waals surface area contributed by atoms with Crippen molar-refractivity contribution in [3.63, 3.8) is 0 Å². The summed E-state index contributed by atoms with van der Waals surface area (Å²) < 4.78 is 10.4. The van der Waals surface area contributed by atoms with Gasteiger partial charge in [0.15, 0.2) is 12.0 Å². The summed E-state index contributed by atoms with van der Waals surface area (Å²) in [6, 6.07) is 15.4. The zero-order valence-corrected chi connectivity index (χ0v) is 16.6. The Kier molecular flexibility index (Phi) is 6.67. The molecule has 0 aliphatic heterocycles. The molecule has 0 aliphatic rings. The molecular weight excluding hydrogens is 394 g/mol. The van der Waals surface area contributed by atoms with Gasteiger partial charge in [0.05, 0.1) is 5.39 Å². The van der Waals surface area contributed by atoms with Crippen molar-refractivity contribution in [3.8, 4) is 0 Å². The monoisotopic (exact) mass is 413 g/mol. The number of esters is 1. The Morgan fingerprint density at radius 1 is 1.14 bits per heavy atom. The number of rotatable bonds is 7. The molecule has 0 aliphatic carbocycles. The van der Waals surface area contributed by atoms with E-state index in [0.717, 1.165) is 18.9 Å². The number of halogens is 1. The van der Waals surface area contributed by atoms with E-state index in [0.29, 0.717) is 5.02 Å². The van der Waals surface area contributed by atoms with E-state index in [1.54, 1.807) is 6.07 Å². The Labute approximate surface area is 172 Å². The molecule has 1 heterocycles. The van der Waals surface area contributed by atoms with Crippen LogP contribution in [0.25, 0.3) is 11.0 Å². The Morgan fingerprint density at radius 2 is 1.90 bits per heavy atom. The number of ether oxygens (including phenoxy) is 1. The van der Waals surface area contributed by atoms with Crippen LogP contribution in [0.3, 0.4) is 0 Å². The number of carbonyl (C=O) groups excluding carboxylic acids is 2. The van der Waals surface area contributed by atoms with E-state index in [4.69, 9.17) is 20.8 Å². The van der Waals surface area contributed by atoms with Crippen molar-refractivity contribution in [2.24, 2.45) is 0 Å². The molecule has 0 saturated heterocycles. The van der Waals surface area contributed by atoms with Crippen LogP contribution in [-0.2, 0) is 16.0 Å². The lowest BCUT2D eigenvalue weighted by molar-refractivity contribution is -0.124. The molecule has 3 aromatic rings. The van der Waals surface area contributed by atoms with Gasteiger partial charge >= 0.3 is 5.97 Å². The van der Waals surface area contributed by atoms with Crippen molar-refractivity contribution in [3.05, 3.63) is 81.2 Å². The van der Waals surface area contributed by atoms with Gasteiger partial charge in [0.1, 0.15) is 5.58 Å². The minimum Gasteiger partial charge on any atom is -0.450 e. The van der Waals surface area contributed by atoms with Crippen molar-refractivity contribution in [1.82, 2.24) is 5.32 Å². The molecule has 2 aromatic carbocycles. The van der Waals surface area contributed by atoms with E-state index in [1.807, 2.05) is 37.3 Å². The van der Waals surface area contributed by atoms with Crippen LogP contribution in [0, 0.1) is 0 Å². The predicted octanol–water partition coefficient (Wildman–Crippen LogP) is 3.74. The quantitative estimate of drug-likeness (QED) is 0.596. The van der Waals surface area contributed by atoms with Crippen LogP contribution in [-0.4, -0.2) is 24.5 Å². The molecule has 0 saturated carbocycles. The van der Waals surface area contributed by atoms with Gasteiger partial charge in [-0.1, -0.05) is 41.9 Å². The van der Waals surface area contributed by atoms with Gasteiger partial charge in [-0.05, 0) is 43.5 Å². The molecule has 29 heavy (non-hydrogen) atoms. The second-order valence-electron chi connectivity index (χ2n) is 6.68. The van der Waals surface area contributed by atoms with E-state index in [-0.39, 0.29) is 22.8 Å². The molecule has 1 aromatic heterocycles. The third-order valence-electron chi connectivity index (χ3n) is 4.34. The first-order valence-corrected chi connectivity index (χ1v) is 9.54. The fourth-order valence-corrected chi connectivity index (χ4v) is 3.02. The molecule has 1 N–H and O–H groups in total. The van der Waals surface area contributed by atoms with Gasteiger partial charge in [0.2, 0.25) is 5.76 Å². The summed E-state index contributed by atoms with van der Waals surface area (Å²) in [7, 11) is 0. The van der Waals surface area contributed by atoms with Crippen LogP contribution >= 0.6 is 11.6 Å². The van der Waals surface area contributed by atoms with Crippen molar-refractivity contribution >= 4 is 34.4 Å². The molecule has 7 heteroatoms. The van der Waals surface area contributed by atoms with Crippen molar-refractivity contribution in [1.29, 1.82) is 0 Å². The van der Waals surface area contributed by atoms with E-state index in [1.165, 1.54) is 17.7 Å². The first-order chi connectivity index (χ1) is 13.9. The number of hydrogen-bond acceptors (Lipinski definition) is 5. The van der Waals surface area contributed by atoms with Crippen LogP contribution in [0.1, 0.15) is 29.5 Å². The second-order valence-corrected chi connectivity index (χ2v) is 7.12. The number of fused-ring (bicyclic) bond motifs is 1. The van der Waals surface area contributed by atoms with Crippen molar-refractivity contribution in [2.75, 3.05) is 6.61 Å². The Balaban J connectivity index is 1.52. The second kappa shape index (κ2) is 9.39. The number of nitrogens with one attached hydrogen (secondary N) is 1. The summed E-state index contributed by atoms with van der Waals surface area (Å²) in [5.41, 5.74) is 0.986. The minimum atomic E-state index is -0.883. The fraction of sp³-hybridized carbons (Fsp3) is 0.227. The fourth-order valence-electron chi connectivity index (χ4n) is 2.85. The molecular formula is C22H20ClNO5. The zero-order valence-electron chi connectivity index (χ0n) is 15.8. The highest BCUT2D eigenvalue weighted by Gasteiger charge is 2.16. The number of carbonyl (C=O) groups is 2. The van der Waals surface area contributed by atoms with Crippen LogP contribution in [0.4, 0.5) is 0 Å². The number of benzene rings is 2. The summed E-state index contributed by atoms with van der Waals surface area (Å²) in [5.74, 6) is -1.57. The third-order valence-corrected chi connectivity index (χ3v) is 4.58. The number of aryl methyl sites for hydroxylation is 1. The molecule has 0 unspecified atom stereocenters. The first kappa shape index (κ1) is 20.6. The molecule has 0 fully saturated rings. The van der Waals surface area contributed by atoms with Crippen LogP contribution in [0.2, 0.25) is 5.02 Å². The Morgan fingerprint density at radius 3 is 2.66 bits per heavy atom. The van der Waals surface area contributed by atoms with E-state index in [2.05, 4.69) is 5.32 Å². The maximum atomic E-state index is 12.1. The molecule has 150 valence electrons. The standard InChI is InChI=1S/C22H20ClNO5/c1-14(7-8-15-5-3-2-4-6-15)24-21(26)13-28-22(27)20-12-18(25)17-11-16(23)9-10-19(17)29-20/h2-6,9-12,14H,7-8,13H2,1H3,(H,24,26)/t14-/m1/s1. The van der Waals surface area contributed by atoms with Crippen LogP contribution in [0.15, 0.2) is 63.8 Å². The average Bonchev–Trinajstić information content (AvgIpc) is 2.71. The van der Waals surface area contributed by atoms with Gasteiger partial charge in [-0.15, -0.1) is 0 Å². The van der Waals surface area contributed by atoms with Crippen molar-refractivity contribution in [2.45, 2.75) is 25.8 Å². The Hall–Kier alpha value is -3.12. The normalized spacial score (nSPS) is 11.8. The Bertz CT molecular complexity index is 1080. The summed E-state index contributed by atoms with van der Waals surface area (Å²) in [6.45, 7) is 1.42. The first-order valence-electron chi connectivity index (χ1n) is 9.16. The third kappa shape index (κ3) is 5.68. The lowest BCUT2D eigenvalue weighted by Gasteiger charge is -2.14. The number of hydrogen-bond donors (Lipinski definition) is 1. The molecule has 0 bridgehead atoms. The highest BCUT2D eigenvalue weighted by molar-refractivity contribution is 6.31. The maximum absolute atomic E-state index is 12.1. The number of amides is 1. The zero-order chi connectivity index (χ0) is 20.8. The summed E-state index contributed by atoms with van der Waals surface area (Å²) in [6.07, 6.45) is 1.58. The van der Waals surface area contributed by atoms with Gasteiger partial charge in [-0.25, -0.2) is 4.79 Å². The van der Waals surface area contributed by atoms with Crippen LogP contribution in [0.5, 0.6) is 0 Å². The van der Waals surface area contributed by atoms with Gasteiger partial charge < -0.3 is 14.5 Å². The van der Waals surface area contributed by atoms with E-state index in [9.17, 15) is 14.4 Å². The van der Waals surface area contributed by atoms with Gasteiger partial charge in [-0.2, -0.15) is 0 Å². The van der Waals surface area contributed by atoms with E-state index < -0.39 is 23.9 Å². The highest BCUT2D eigenvalue weighted by atomic mass is 35.5. The summed E-state index contributed by atoms with van der Waals surface area (Å²) >= 11 is 5.86. The largest absolute Gasteiger partial charge is 0.450 e. The molecule has 1 atom stereocenters. The van der Waals surface area contributed by atoms with Crippen molar-refractivity contribution < 1.29 is 18.7 Å². The summed E-state index contributed by atoms with van der Waals surface area (Å²) in [5, 5.41) is 3.43. The molecule has 6 nitrogen and oxygen atoms in total. The highest BCUT2D eigenvalue weighted by Crippen LogP contribution is 2.18. The average molecular weight is 414 g/mol. The molecule has 3 rings (SSSR count). The molecule has 0 radical (unpaired) electrons. The molecule has 0 spiro atoms. The van der Waals surface area contributed by atoms with Gasteiger partial charge in [0.25, 0.3) is 5.91 Å². The van der Waals surface area contributed by atoms with E-state index >= 15 is 0 Å². The predicted molar refractivity (Wildman–Crippen MR) is 110 cm³/mol. The smallest absolute Gasteiger partial charge is 0.374 e. The maximum Gasteiger partial charge on any atom is 0.374 e. The summed E-state index contributed by atoms with van der Waals surface area (Å²) in [4.78, 5) is 36.3. The topological polar surface area (TPSA) is 85.6 Å². The minimum absolute atomic E-state index is 0.0789. The van der Waals surface area contributed by atoms with Crippen LogP contribution < -0.4 is 10.7 Å². The van der Waals surface area contributed by atoms with Gasteiger partial charge in [0, 0.05) is 17.1 Å².